The van der Waals surface area contributed by atoms with E-state index in [0.717, 1.165) is 19.5 Å². The summed E-state index contributed by atoms with van der Waals surface area (Å²) in [6.07, 6.45) is 3.10. The second kappa shape index (κ2) is 8.87. The van der Waals surface area contributed by atoms with Gasteiger partial charge in [-0.1, -0.05) is 0 Å². The molecule has 58 valence electrons. The first kappa shape index (κ1) is 9.87. The van der Waals surface area contributed by atoms with Gasteiger partial charge in [0.1, 0.15) is 0 Å². The Labute approximate surface area is 68.0 Å². The maximum Gasteiger partial charge on any atom is 0.0214 e. The second-order valence-corrected chi connectivity index (χ2v) is 2.91. The molecule has 0 aliphatic heterocycles. The minimum Gasteiger partial charge on any atom is -0.315 e. The van der Waals surface area contributed by atoms with Crippen LogP contribution in [0.25, 0.3) is 0 Å². The summed E-state index contributed by atoms with van der Waals surface area (Å²) in [5.74, 6) is 7.06. The van der Waals surface area contributed by atoms with Gasteiger partial charge in [0, 0.05) is 25.3 Å². The lowest BCUT2D eigenvalue weighted by Crippen LogP contribution is -2.17. The molecular formula is C8H15NS. The Bertz CT molecular complexity index is 112. The first-order chi connectivity index (χ1) is 4.91. The summed E-state index contributed by atoms with van der Waals surface area (Å²) in [5, 5.41) is 3.30. The highest BCUT2D eigenvalue weighted by molar-refractivity contribution is 7.98. The smallest absolute Gasteiger partial charge is 0.0214 e. The predicted octanol–water partition coefficient (Wildman–Crippen LogP) is 1.35. The van der Waals surface area contributed by atoms with E-state index in [-0.39, 0.29) is 0 Å². The molecule has 0 aromatic heterocycles. The Morgan fingerprint density at radius 2 is 2.20 bits per heavy atom. The fraction of sp³-hybridized carbons (Fsp3) is 0.750. The van der Waals surface area contributed by atoms with E-state index in [0.29, 0.717) is 0 Å². The summed E-state index contributed by atoms with van der Waals surface area (Å²) in [6, 6.07) is 0. The van der Waals surface area contributed by atoms with Crippen LogP contribution < -0.4 is 5.32 Å². The lowest BCUT2D eigenvalue weighted by atomic mass is 10.4. The maximum atomic E-state index is 3.30. The van der Waals surface area contributed by atoms with Crippen molar-refractivity contribution in [1.82, 2.24) is 5.32 Å². The summed E-state index contributed by atoms with van der Waals surface area (Å²) in [5.41, 5.74) is 0. The average Bonchev–Trinajstić information content (AvgIpc) is 1.97. The van der Waals surface area contributed by atoms with E-state index in [9.17, 15) is 0 Å². The van der Waals surface area contributed by atoms with Crippen LogP contribution in [0.15, 0.2) is 0 Å². The molecule has 0 aromatic carbocycles. The third-order valence-electron chi connectivity index (χ3n) is 1.09. The Morgan fingerprint density at radius 1 is 1.40 bits per heavy atom. The zero-order chi connectivity index (χ0) is 7.66. The van der Waals surface area contributed by atoms with Crippen LogP contribution in [0.5, 0.6) is 0 Å². The molecule has 10 heavy (non-hydrogen) atoms. The highest BCUT2D eigenvalue weighted by atomic mass is 32.2. The lowest BCUT2D eigenvalue weighted by molar-refractivity contribution is 0.738. The highest BCUT2D eigenvalue weighted by Gasteiger charge is 1.82. The number of nitrogens with one attached hydrogen (secondary N) is 1. The van der Waals surface area contributed by atoms with E-state index in [1.165, 1.54) is 5.75 Å². The Kier molecular flexibility index (Phi) is 8.75. The summed E-state index contributed by atoms with van der Waals surface area (Å²) in [4.78, 5) is 0. The highest BCUT2D eigenvalue weighted by Crippen LogP contribution is 1.86. The third-order valence-corrected chi connectivity index (χ3v) is 1.70. The standard InChI is InChI=1S/C8H15NS/c1-3-4-5-6-9-7-8-10-2/h9H,5-8H2,1-2H3. The molecule has 0 rings (SSSR count). The molecule has 1 N–H and O–H groups in total. The third kappa shape index (κ3) is 7.87. The molecular weight excluding hydrogens is 142 g/mol. The van der Waals surface area contributed by atoms with Crippen LogP contribution in [0.4, 0.5) is 0 Å². The van der Waals surface area contributed by atoms with Crippen LogP contribution >= 0.6 is 11.8 Å². The molecule has 0 fully saturated rings. The van der Waals surface area contributed by atoms with E-state index < -0.39 is 0 Å². The second-order valence-electron chi connectivity index (χ2n) is 1.92. The maximum absolute atomic E-state index is 3.30. The van der Waals surface area contributed by atoms with Gasteiger partial charge in [0.15, 0.2) is 0 Å². The van der Waals surface area contributed by atoms with Gasteiger partial charge in [-0.15, -0.1) is 11.8 Å². The Morgan fingerprint density at radius 3 is 2.80 bits per heavy atom. The summed E-state index contributed by atoms with van der Waals surface area (Å²) < 4.78 is 0. The van der Waals surface area contributed by atoms with Crippen LogP contribution in [-0.2, 0) is 0 Å². The Hall–Kier alpha value is -0.130. The minimum atomic E-state index is 0.977. The van der Waals surface area contributed by atoms with Crippen LogP contribution in [0, 0.1) is 11.8 Å². The van der Waals surface area contributed by atoms with E-state index in [1.54, 1.807) is 0 Å². The summed E-state index contributed by atoms with van der Waals surface area (Å²) in [6.45, 7) is 4.01. The van der Waals surface area contributed by atoms with Crippen molar-refractivity contribution < 1.29 is 0 Å². The van der Waals surface area contributed by atoms with Gasteiger partial charge in [0.2, 0.25) is 0 Å². The van der Waals surface area contributed by atoms with Gasteiger partial charge in [-0.25, -0.2) is 0 Å². The molecule has 0 aromatic rings. The minimum absolute atomic E-state index is 0.977. The van der Waals surface area contributed by atoms with E-state index in [1.807, 2.05) is 18.7 Å². The largest absolute Gasteiger partial charge is 0.315 e. The Balaban J connectivity index is 2.82. The van der Waals surface area contributed by atoms with Gasteiger partial charge in [-0.05, 0) is 13.2 Å². The van der Waals surface area contributed by atoms with E-state index >= 15 is 0 Å². The van der Waals surface area contributed by atoms with Gasteiger partial charge in [0.25, 0.3) is 0 Å². The number of hydrogen-bond acceptors (Lipinski definition) is 2. The molecule has 0 saturated carbocycles. The fourth-order valence-corrected chi connectivity index (χ4v) is 0.924. The van der Waals surface area contributed by atoms with Crippen LogP contribution in [-0.4, -0.2) is 25.1 Å². The molecule has 0 saturated heterocycles. The van der Waals surface area contributed by atoms with Crippen molar-refractivity contribution in [3.8, 4) is 11.8 Å². The predicted molar refractivity (Wildman–Crippen MR) is 49.3 cm³/mol. The molecule has 0 bridgehead atoms. The zero-order valence-corrected chi connectivity index (χ0v) is 7.55. The van der Waals surface area contributed by atoms with Crippen molar-refractivity contribution in [1.29, 1.82) is 0 Å². The molecule has 0 radical (unpaired) electrons. The van der Waals surface area contributed by atoms with Crippen LogP contribution in [0.3, 0.4) is 0 Å². The van der Waals surface area contributed by atoms with Crippen molar-refractivity contribution in [2.24, 2.45) is 0 Å². The number of hydrogen-bond donors (Lipinski definition) is 1. The van der Waals surface area contributed by atoms with Crippen molar-refractivity contribution in [2.45, 2.75) is 13.3 Å². The van der Waals surface area contributed by atoms with Gasteiger partial charge in [-0.3, -0.25) is 0 Å². The summed E-state index contributed by atoms with van der Waals surface area (Å²) in [7, 11) is 0. The van der Waals surface area contributed by atoms with E-state index in [2.05, 4.69) is 23.4 Å². The molecule has 1 nitrogen and oxygen atoms in total. The fourth-order valence-electron chi connectivity index (χ4n) is 0.575. The topological polar surface area (TPSA) is 12.0 Å². The van der Waals surface area contributed by atoms with Crippen molar-refractivity contribution in [3.63, 3.8) is 0 Å². The molecule has 0 aliphatic carbocycles. The molecule has 0 amide bonds. The van der Waals surface area contributed by atoms with E-state index in [4.69, 9.17) is 0 Å². The SMILES string of the molecule is CC#CCCNCCSC. The number of rotatable bonds is 5. The van der Waals surface area contributed by atoms with Gasteiger partial charge in [-0.2, -0.15) is 11.8 Å². The average molecular weight is 157 g/mol. The molecule has 0 heterocycles. The van der Waals surface area contributed by atoms with Gasteiger partial charge >= 0.3 is 0 Å². The molecule has 0 aliphatic rings. The first-order valence-electron chi connectivity index (χ1n) is 3.51. The zero-order valence-electron chi connectivity index (χ0n) is 6.74. The first-order valence-corrected chi connectivity index (χ1v) is 4.90. The van der Waals surface area contributed by atoms with Gasteiger partial charge < -0.3 is 5.32 Å². The molecule has 2 heteroatoms. The molecule has 0 unspecified atom stereocenters. The monoisotopic (exact) mass is 157 g/mol. The van der Waals surface area contributed by atoms with Crippen molar-refractivity contribution in [3.05, 3.63) is 0 Å². The number of thioether (sulfide) groups is 1. The lowest BCUT2D eigenvalue weighted by Gasteiger charge is -1.97. The van der Waals surface area contributed by atoms with Crippen LogP contribution in [0.1, 0.15) is 13.3 Å². The summed E-state index contributed by atoms with van der Waals surface area (Å²) >= 11 is 1.87. The van der Waals surface area contributed by atoms with Crippen molar-refractivity contribution in [2.75, 3.05) is 25.1 Å². The van der Waals surface area contributed by atoms with Crippen molar-refractivity contribution >= 4 is 11.8 Å². The normalized spacial score (nSPS) is 8.60. The van der Waals surface area contributed by atoms with Gasteiger partial charge in [0.05, 0.1) is 0 Å². The molecule has 0 spiro atoms. The quantitative estimate of drug-likeness (QED) is 0.477. The van der Waals surface area contributed by atoms with Crippen LogP contribution in [0.2, 0.25) is 0 Å². The molecule has 0 atom stereocenters.